The highest BCUT2D eigenvalue weighted by Crippen LogP contribution is 2.41. The predicted molar refractivity (Wildman–Crippen MR) is 94.0 cm³/mol. The molecule has 2 aromatic rings. The summed E-state index contributed by atoms with van der Waals surface area (Å²) >= 11 is 1.73. The van der Waals surface area contributed by atoms with E-state index in [1.165, 1.54) is 18.4 Å². The van der Waals surface area contributed by atoms with Crippen molar-refractivity contribution in [2.75, 3.05) is 6.54 Å². The average molecular weight is 329 g/mol. The summed E-state index contributed by atoms with van der Waals surface area (Å²) in [6.45, 7) is 2.50. The van der Waals surface area contributed by atoms with Crippen LogP contribution in [0.3, 0.4) is 0 Å². The lowest BCUT2D eigenvalue weighted by molar-refractivity contribution is -0.127. The van der Waals surface area contributed by atoms with Crippen molar-refractivity contribution in [2.45, 2.75) is 44.1 Å². The van der Waals surface area contributed by atoms with Gasteiger partial charge in [0.2, 0.25) is 0 Å². The second-order valence-electron chi connectivity index (χ2n) is 6.29. The lowest BCUT2D eigenvalue weighted by Crippen LogP contribution is -2.43. The van der Waals surface area contributed by atoms with E-state index >= 15 is 0 Å². The van der Waals surface area contributed by atoms with Crippen molar-refractivity contribution in [1.29, 1.82) is 0 Å². The summed E-state index contributed by atoms with van der Waals surface area (Å²) < 4.78 is 5.70. The number of carbonyl (C=O) groups is 1. The average Bonchev–Trinajstić information content (AvgIpc) is 3.25. The summed E-state index contributed by atoms with van der Waals surface area (Å²) in [6, 6.07) is 11.7. The molecule has 1 heterocycles. The third kappa shape index (κ3) is 3.75. The molecule has 1 N–H and O–H groups in total. The van der Waals surface area contributed by atoms with Gasteiger partial charge in [-0.25, -0.2) is 0 Å². The molecule has 1 saturated carbocycles. The minimum absolute atomic E-state index is 0.0460. The number of nitrogens with one attached hydrogen (secondary N) is 1. The van der Waals surface area contributed by atoms with Crippen LogP contribution in [-0.4, -0.2) is 18.6 Å². The van der Waals surface area contributed by atoms with Crippen molar-refractivity contribution >= 4 is 17.2 Å². The van der Waals surface area contributed by atoms with Gasteiger partial charge in [0.1, 0.15) is 5.75 Å². The maximum absolute atomic E-state index is 12.4. The fourth-order valence-corrected chi connectivity index (χ4v) is 4.12. The normalized spacial score (nSPS) is 17.6. The zero-order valence-corrected chi connectivity index (χ0v) is 14.3. The molecule has 3 nitrogen and oxygen atoms in total. The van der Waals surface area contributed by atoms with Gasteiger partial charge in [-0.3, -0.25) is 4.79 Å². The molecular formula is C19H23NO2S. The van der Waals surface area contributed by atoms with Gasteiger partial charge in [-0.2, -0.15) is 11.3 Å². The summed E-state index contributed by atoms with van der Waals surface area (Å²) in [5, 5.41) is 7.46. The lowest BCUT2D eigenvalue weighted by atomic mass is 9.80. The number of para-hydroxylation sites is 1. The first-order valence-electron chi connectivity index (χ1n) is 8.22. The van der Waals surface area contributed by atoms with Crippen molar-refractivity contribution in [1.82, 2.24) is 5.32 Å². The topological polar surface area (TPSA) is 38.3 Å². The maximum Gasteiger partial charge on any atom is 0.260 e. The van der Waals surface area contributed by atoms with Crippen LogP contribution < -0.4 is 10.1 Å². The van der Waals surface area contributed by atoms with Crippen molar-refractivity contribution in [3.05, 3.63) is 52.7 Å². The Morgan fingerprint density at radius 2 is 2.00 bits per heavy atom. The van der Waals surface area contributed by atoms with Crippen molar-refractivity contribution < 1.29 is 9.53 Å². The van der Waals surface area contributed by atoms with Crippen molar-refractivity contribution in [3.63, 3.8) is 0 Å². The zero-order chi connectivity index (χ0) is 16.1. The largest absolute Gasteiger partial charge is 0.481 e. The number of thiophene rings is 1. The molecule has 1 aliphatic rings. The van der Waals surface area contributed by atoms with Gasteiger partial charge in [0, 0.05) is 12.0 Å². The molecule has 0 aliphatic heterocycles. The Hall–Kier alpha value is -1.81. The van der Waals surface area contributed by atoms with E-state index in [0.717, 1.165) is 18.6 Å². The first kappa shape index (κ1) is 16.1. The van der Waals surface area contributed by atoms with Crippen LogP contribution in [0.1, 0.15) is 38.2 Å². The molecule has 0 bridgehead atoms. The van der Waals surface area contributed by atoms with Gasteiger partial charge in [-0.1, -0.05) is 31.0 Å². The molecular weight excluding hydrogens is 306 g/mol. The lowest BCUT2D eigenvalue weighted by Gasteiger charge is -2.29. The predicted octanol–water partition coefficient (Wildman–Crippen LogP) is 4.14. The number of benzene rings is 1. The van der Waals surface area contributed by atoms with Crippen molar-refractivity contribution in [2.24, 2.45) is 0 Å². The van der Waals surface area contributed by atoms with E-state index in [0.29, 0.717) is 6.54 Å². The molecule has 1 atom stereocenters. The molecule has 1 aromatic carbocycles. The van der Waals surface area contributed by atoms with E-state index in [1.807, 2.05) is 30.3 Å². The summed E-state index contributed by atoms with van der Waals surface area (Å²) in [4.78, 5) is 12.4. The minimum atomic E-state index is -0.488. The number of hydrogen-bond donors (Lipinski definition) is 1. The Bertz CT molecular complexity index is 618. The summed E-state index contributed by atoms with van der Waals surface area (Å²) in [7, 11) is 0. The van der Waals surface area contributed by atoms with Gasteiger partial charge in [-0.15, -0.1) is 0 Å². The van der Waals surface area contributed by atoms with Gasteiger partial charge in [0.05, 0.1) is 0 Å². The van der Waals surface area contributed by atoms with Gasteiger partial charge in [0.25, 0.3) is 5.91 Å². The number of carbonyl (C=O) groups excluding carboxylic acids is 1. The molecule has 122 valence electrons. The number of amides is 1. The molecule has 0 unspecified atom stereocenters. The van der Waals surface area contributed by atoms with Gasteiger partial charge < -0.3 is 10.1 Å². The molecule has 4 heteroatoms. The Balaban J connectivity index is 1.59. The maximum atomic E-state index is 12.4. The molecule has 0 saturated heterocycles. The SMILES string of the molecule is C[C@H](Oc1ccccc1)C(=O)NCC1(c2ccsc2)CCCC1. The summed E-state index contributed by atoms with van der Waals surface area (Å²) in [5.74, 6) is 0.680. The molecule has 1 amide bonds. The number of rotatable bonds is 6. The van der Waals surface area contributed by atoms with E-state index in [-0.39, 0.29) is 11.3 Å². The van der Waals surface area contributed by atoms with E-state index in [1.54, 1.807) is 18.3 Å². The van der Waals surface area contributed by atoms with Crippen molar-refractivity contribution in [3.8, 4) is 5.75 Å². The third-order valence-electron chi connectivity index (χ3n) is 4.72. The molecule has 0 spiro atoms. The Labute approximate surface area is 141 Å². The standard InChI is InChI=1S/C19H23NO2S/c1-15(22-17-7-3-2-4-8-17)18(21)20-14-19(10-5-6-11-19)16-9-12-23-13-16/h2-4,7-9,12-13,15H,5-6,10-11,14H2,1H3,(H,20,21)/t15-/m0/s1. The van der Waals surface area contributed by atoms with E-state index < -0.39 is 6.10 Å². The highest BCUT2D eigenvalue weighted by atomic mass is 32.1. The first-order valence-corrected chi connectivity index (χ1v) is 9.16. The van der Waals surface area contributed by atoms with Crippen LogP contribution in [0, 0.1) is 0 Å². The van der Waals surface area contributed by atoms with Crippen LogP contribution in [-0.2, 0) is 10.2 Å². The van der Waals surface area contributed by atoms with Crippen LogP contribution in [0.25, 0.3) is 0 Å². The van der Waals surface area contributed by atoms with Gasteiger partial charge in [0.15, 0.2) is 6.10 Å². The Kier molecular flexibility index (Phi) is 5.01. The fraction of sp³-hybridized carbons (Fsp3) is 0.421. The van der Waals surface area contributed by atoms with Crippen LogP contribution >= 0.6 is 11.3 Å². The molecule has 23 heavy (non-hydrogen) atoms. The highest BCUT2D eigenvalue weighted by Gasteiger charge is 2.36. The molecule has 1 aliphatic carbocycles. The summed E-state index contributed by atoms with van der Waals surface area (Å²) in [5.41, 5.74) is 1.49. The number of hydrogen-bond acceptors (Lipinski definition) is 3. The van der Waals surface area contributed by atoms with E-state index in [2.05, 4.69) is 22.1 Å². The molecule has 3 rings (SSSR count). The first-order chi connectivity index (χ1) is 11.2. The number of ether oxygens (including phenoxy) is 1. The highest BCUT2D eigenvalue weighted by molar-refractivity contribution is 7.08. The van der Waals surface area contributed by atoms with Gasteiger partial charge >= 0.3 is 0 Å². The summed E-state index contributed by atoms with van der Waals surface area (Å²) in [6.07, 6.45) is 4.29. The minimum Gasteiger partial charge on any atom is -0.481 e. The zero-order valence-electron chi connectivity index (χ0n) is 13.5. The van der Waals surface area contributed by atoms with Crippen LogP contribution in [0.5, 0.6) is 5.75 Å². The molecule has 1 fully saturated rings. The second-order valence-corrected chi connectivity index (χ2v) is 7.07. The fourth-order valence-electron chi connectivity index (χ4n) is 3.34. The second kappa shape index (κ2) is 7.18. The van der Waals surface area contributed by atoms with E-state index in [9.17, 15) is 4.79 Å². The van der Waals surface area contributed by atoms with E-state index in [4.69, 9.17) is 4.74 Å². The molecule has 1 aromatic heterocycles. The van der Waals surface area contributed by atoms with Crippen LogP contribution in [0.4, 0.5) is 0 Å². The smallest absolute Gasteiger partial charge is 0.260 e. The van der Waals surface area contributed by atoms with Gasteiger partial charge in [-0.05, 0) is 54.3 Å². The Morgan fingerprint density at radius 3 is 2.65 bits per heavy atom. The van der Waals surface area contributed by atoms with Crippen LogP contribution in [0.15, 0.2) is 47.2 Å². The third-order valence-corrected chi connectivity index (χ3v) is 5.40. The monoisotopic (exact) mass is 329 g/mol. The van der Waals surface area contributed by atoms with Crippen LogP contribution in [0.2, 0.25) is 0 Å². The Morgan fingerprint density at radius 1 is 1.26 bits per heavy atom. The quantitative estimate of drug-likeness (QED) is 0.865. The molecule has 0 radical (unpaired) electrons.